The lowest BCUT2D eigenvalue weighted by atomic mass is 9.97. The summed E-state index contributed by atoms with van der Waals surface area (Å²) in [4.78, 5) is 10.6. The Hall–Kier alpha value is -3.69. The van der Waals surface area contributed by atoms with Gasteiger partial charge in [-0.05, 0) is 35.1 Å². The van der Waals surface area contributed by atoms with Crippen molar-refractivity contribution in [1.29, 1.82) is 0 Å². The van der Waals surface area contributed by atoms with Gasteiger partial charge in [-0.2, -0.15) is 0 Å². The summed E-state index contributed by atoms with van der Waals surface area (Å²) in [6.07, 6.45) is 6.50. The number of carbonyl (C=O) groups is 1. The molecule has 0 bridgehead atoms. The molecule has 0 aromatic heterocycles. The maximum atomic E-state index is 10.6. The van der Waals surface area contributed by atoms with Crippen molar-refractivity contribution in [2.45, 2.75) is 108 Å². The third-order valence-electron chi connectivity index (χ3n) is 9.09. The maximum absolute atomic E-state index is 10.6. The monoisotopic (exact) mass is 694 g/mol. The van der Waals surface area contributed by atoms with Gasteiger partial charge in [-0.3, -0.25) is 0 Å². The van der Waals surface area contributed by atoms with Gasteiger partial charge in [0.2, 0.25) is 0 Å². The summed E-state index contributed by atoms with van der Waals surface area (Å²) in [6.45, 7) is 2.45. The highest BCUT2D eigenvalue weighted by Gasteiger charge is 2.49. The Morgan fingerprint density at radius 3 is 1.41 bits per heavy atom. The van der Waals surface area contributed by atoms with E-state index >= 15 is 0 Å². The van der Waals surface area contributed by atoms with Crippen LogP contribution in [-0.2, 0) is 59.6 Å². The van der Waals surface area contributed by atoms with Gasteiger partial charge in [0.05, 0.1) is 33.0 Å². The summed E-state index contributed by atoms with van der Waals surface area (Å²) in [5.74, 6) is 0. The Balaban J connectivity index is 1.33. The molecule has 1 aliphatic rings. The molecule has 1 aliphatic heterocycles. The van der Waals surface area contributed by atoms with Crippen LogP contribution in [0.3, 0.4) is 0 Å². The van der Waals surface area contributed by atoms with Gasteiger partial charge >= 0.3 is 0 Å². The van der Waals surface area contributed by atoms with E-state index in [1.165, 1.54) is 0 Å². The molecule has 5 rings (SSSR count). The normalized spacial score (nSPS) is 20.3. The molecule has 272 valence electrons. The second-order valence-electron chi connectivity index (χ2n) is 13.1. The largest absolute Gasteiger partial charge is 0.374 e. The number of hydrogen-bond donors (Lipinski definition) is 0. The van der Waals surface area contributed by atoms with Gasteiger partial charge in [0.25, 0.3) is 0 Å². The molecule has 5 atom stereocenters. The van der Waals surface area contributed by atoms with Gasteiger partial charge in [-0.25, -0.2) is 0 Å². The Morgan fingerprint density at radius 2 is 0.902 bits per heavy atom. The number of benzene rings is 4. The number of carbonyl (C=O) groups excluding carboxylic acids is 1. The molecule has 1 fully saturated rings. The molecule has 7 nitrogen and oxygen atoms in total. The van der Waals surface area contributed by atoms with Crippen LogP contribution in [0.25, 0.3) is 0 Å². The molecule has 0 N–H and O–H groups in total. The van der Waals surface area contributed by atoms with E-state index in [2.05, 4.69) is 48.5 Å². The average molecular weight is 695 g/mol. The second-order valence-corrected chi connectivity index (χ2v) is 13.1. The number of rotatable bonds is 24. The highest BCUT2D eigenvalue weighted by atomic mass is 16.7. The van der Waals surface area contributed by atoms with Crippen LogP contribution in [0.4, 0.5) is 0 Å². The van der Waals surface area contributed by atoms with Crippen molar-refractivity contribution in [3.05, 3.63) is 144 Å². The van der Waals surface area contributed by atoms with Gasteiger partial charge in [0.1, 0.15) is 30.7 Å². The summed E-state index contributed by atoms with van der Waals surface area (Å²) in [7, 11) is 0. The molecule has 0 aliphatic carbocycles. The summed E-state index contributed by atoms with van der Waals surface area (Å²) < 4.78 is 39.9. The molecule has 1 heterocycles. The zero-order valence-corrected chi connectivity index (χ0v) is 29.8. The lowest BCUT2D eigenvalue weighted by Gasteiger charge is -2.46. The minimum atomic E-state index is -0.681. The second kappa shape index (κ2) is 23.0. The zero-order chi connectivity index (χ0) is 35.2. The standard InChI is InChI=1S/C44H54O7/c45-29-19-5-3-1-2-4-6-20-30-47-44-43(50-34-39-27-17-10-18-28-39)42(49-33-38-25-15-9-16-26-38)41(48-32-37-23-13-8-14-24-37)40(51-44)35-46-31-36-21-11-7-12-22-36/h7-18,21-29,40-44H,1-6,19-20,30-35H2/t40-,41-,42+,43+,44+/m1/s1. The molecule has 0 spiro atoms. The predicted molar refractivity (Wildman–Crippen MR) is 199 cm³/mol. The van der Waals surface area contributed by atoms with Crippen LogP contribution in [-0.4, -0.2) is 50.2 Å². The summed E-state index contributed by atoms with van der Waals surface area (Å²) >= 11 is 0. The van der Waals surface area contributed by atoms with Crippen LogP contribution in [0.2, 0.25) is 0 Å². The van der Waals surface area contributed by atoms with Crippen LogP contribution in [0.15, 0.2) is 121 Å². The van der Waals surface area contributed by atoms with E-state index in [1.807, 2.05) is 72.8 Å². The maximum Gasteiger partial charge on any atom is 0.186 e. The van der Waals surface area contributed by atoms with E-state index in [0.717, 1.165) is 73.5 Å². The molecule has 4 aromatic rings. The molecular formula is C44H54O7. The molecule has 7 heteroatoms. The van der Waals surface area contributed by atoms with E-state index in [4.69, 9.17) is 28.4 Å². The minimum Gasteiger partial charge on any atom is -0.374 e. The fraction of sp³-hybridized carbons (Fsp3) is 0.432. The van der Waals surface area contributed by atoms with Crippen LogP contribution < -0.4 is 0 Å². The first-order valence-corrected chi connectivity index (χ1v) is 18.6. The molecule has 51 heavy (non-hydrogen) atoms. The first-order valence-electron chi connectivity index (χ1n) is 18.6. The zero-order valence-electron chi connectivity index (χ0n) is 29.8. The van der Waals surface area contributed by atoms with Gasteiger partial charge in [-0.1, -0.05) is 153 Å². The average Bonchev–Trinajstić information content (AvgIpc) is 3.18. The van der Waals surface area contributed by atoms with E-state index in [1.54, 1.807) is 0 Å². The SMILES string of the molecule is O=CCCCCCCCCCO[C@H]1O[C@H](COCc2ccccc2)[C@@H](OCc2ccccc2)[C@H](OCc2ccccc2)[C@@H]1OCc1ccccc1. The van der Waals surface area contributed by atoms with Gasteiger partial charge in [0.15, 0.2) is 6.29 Å². The lowest BCUT2D eigenvalue weighted by Crippen LogP contribution is -2.61. The third kappa shape index (κ3) is 13.8. The predicted octanol–water partition coefficient (Wildman–Crippen LogP) is 9.02. The van der Waals surface area contributed by atoms with Crippen LogP contribution in [0, 0.1) is 0 Å². The van der Waals surface area contributed by atoms with Crippen LogP contribution in [0.1, 0.15) is 73.6 Å². The quantitative estimate of drug-likeness (QED) is 0.0536. The third-order valence-corrected chi connectivity index (χ3v) is 9.09. The van der Waals surface area contributed by atoms with Crippen molar-refractivity contribution >= 4 is 6.29 Å². The number of hydrogen-bond acceptors (Lipinski definition) is 7. The van der Waals surface area contributed by atoms with Gasteiger partial charge in [-0.15, -0.1) is 0 Å². The first-order chi connectivity index (χ1) is 25.3. The molecule has 0 unspecified atom stereocenters. The molecular weight excluding hydrogens is 640 g/mol. The molecule has 4 aromatic carbocycles. The van der Waals surface area contributed by atoms with Crippen LogP contribution in [0.5, 0.6) is 0 Å². The number of unbranched alkanes of at least 4 members (excludes halogenated alkanes) is 7. The Morgan fingerprint density at radius 1 is 0.471 bits per heavy atom. The Labute approximate surface area is 304 Å². The van der Waals surface area contributed by atoms with Crippen molar-refractivity contribution in [2.24, 2.45) is 0 Å². The van der Waals surface area contributed by atoms with Crippen molar-refractivity contribution in [3.8, 4) is 0 Å². The highest BCUT2D eigenvalue weighted by molar-refractivity contribution is 5.48. The molecule has 0 radical (unpaired) electrons. The lowest BCUT2D eigenvalue weighted by molar-refractivity contribution is -0.328. The Kier molecular flexibility index (Phi) is 17.4. The molecule has 0 amide bonds. The Bertz CT molecular complexity index is 1450. The van der Waals surface area contributed by atoms with E-state index in [0.29, 0.717) is 46.1 Å². The van der Waals surface area contributed by atoms with Crippen LogP contribution >= 0.6 is 0 Å². The minimum absolute atomic E-state index is 0.301. The highest BCUT2D eigenvalue weighted by Crippen LogP contribution is 2.32. The summed E-state index contributed by atoms with van der Waals surface area (Å²) in [5, 5.41) is 0. The number of aldehydes is 1. The van der Waals surface area contributed by atoms with Gasteiger partial charge < -0.3 is 33.2 Å². The van der Waals surface area contributed by atoms with Crippen molar-refractivity contribution in [2.75, 3.05) is 13.2 Å². The fourth-order valence-electron chi connectivity index (χ4n) is 6.29. The van der Waals surface area contributed by atoms with Crippen molar-refractivity contribution in [3.63, 3.8) is 0 Å². The van der Waals surface area contributed by atoms with E-state index in [9.17, 15) is 4.79 Å². The van der Waals surface area contributed by atoms with Crippen molar-refractivity contribution in [1.82, 2.24) is 0 Å². The van der Waals surface area contributed by atoms with Crippen molar-refractivity contribution < 1.29 is 33.2 Å². The topological polar surface area (TPSA) is 72.5 Å². The van der Waals surface area contributed by atoms with E-state index in [-0.39, 0.29) is 0 Å². The summed E-state index contributed by atoms with van der Waals surface area (Å²) in [6, 6.07) is 40.6. The molecule has 0 saturated carbocycles. The van der Waals surface area contributed by atoms with E-state index < -0.39 is 30.7 Å². The fourth-order valence-corrected chi connectivity index (χ4v) is 6.29. The first kappa shape index (κ1) is 38.5. The molecule has 1 saturated heterocycles. The summed E-state index contributed by atoms with van der Waals surface area (Å²) in [5.41, 5.74) is 4.27. The van der Waals surface area contributed by atoms with Gasteiger partial charge in [0, 0.05) is 13.0 Å². The smallest absolute Gasteiger partial charge is 0.186 e. The number of ether oxygens (including phenoxy) is 6.